The van der Waals surface area contributed by atoms with Crippen LogP contribution in [0.5, 0.6) is 0 Å². The average molecular weight is 344 g/mol. The molecular weight excluding hydrogens is 316 g/mol. The molecule has 0 spiro atoms. The smallest absolute Gasteiger partial charge is 0.317 e. The number of aliphatic carboxylic acids is 1. The third kappa shape index (κ3) is 3.71. The van der Waals surface area contributed by atoms with Gasteiger partial charge in [-0.25, -0.2) is 0 Å². The van der Waals surface area contributed by atoms with Gasteiger partial charge in [0.15, 0.2) is 0 Å². The predicted molar refractivity (Wildman–Crippen MR) is 96.5 cm³/mol. The van der Waals surface area contributed by atoms with Crippen LogP contribution in [0, 0.1) is 0 Å². The second-order valence-corrected chi connectivity index (χ2v) is 7.49. The lowest BCUT2D eigenvalue weighted by atomic mass is 9.63. The van der Waals surface area contributed by atoms with Crippen molar-refractivity contribution in [3.05, 3.63) is 35.9 Å². The number of carbonyl (C=O) groups excluding carboxylic acids is 1. The summed E-state index contributed by atoms with van der Waals surface area (Å²) in [5, 5.41) is 8.99. The van der Waals surface area contributed by atoms with Gasteiger partial charge in [-0.1, -0.05) is 36.8 Å². The SMILES string of the molecule is CN(CC(=O)O)[C@H]1CCCN(C(=O)C2(c3ccccc3)CCC2)CC1. The van der Waals surface area contributed by atoms with Gasteiger partial charge in [0.2, 0.25) is 5.91 Å². The van der Waals surface area contributed by atoms with E-state index in [1.54, 1.807) is 0 Å². The van der Waals surface area contributed by atoms with E-state index in [0.717, 1.165) is 57.2 Å². The fraction of sp³-hybridized carbons (Fsp3) is 0.600. The van der Waals surface area contributed by atoms with Crippen LogP contribution in [0.1, 0.15) is 44.1 Å². The van der Waals surface area contributed by atoms with E-state index >= 15 is 0 Å². The van der Waals surface area contributed by atoms with Crippen LogP contribution in [0.15, 0.2) is 30.3 Å². The van der Waals surface area contributed by atoms with E-state index in [9.17, 15) is 9.59 Å². The molecule has 0 aromatic heterocycles. The fourth-order valence-corrected chi connectivity index (χ4v) is 4.28. The summed E-state index contributed by atoms with van der Waals surface area (Å²) in [6, 6.07) is 10.4. The maximum atomic E-state index is 13.3. The zero-order valence-corrected chi connectivity index (χ0v) is 15.0. The highest BCUT2D eigenvalue weighted by atomic mass is 16.4. The molecule has 1 amide bonds. The number of likely N-dealkylation sites (tertiary alicyclic amines) is 1. The van der Waals surface area contributed by atoms with Crippen LogP contribution in [0.4, 0.5) is 0 Å². The average Bonchev–Trinajstić information content (AvgIpc) is 2.80. The molecule has 1 saturated carbocycles. The standard InChI is InChI=1S/C20H28N2O3/c1-21(15-18(23)24)17-9-5-13-22(14-10-17)19(25)20(11-6-12-20)16-7-3-2-4-8-16/h2-4,7-8,17H,5-6,9-15H2,1H3,(H,23,24)/t17-/m0/s1. The number of carboxylic acids is 1. The molecule has 0 unspecified atom stereocenters. The summed E-state index contributed by atoms with van der Waals surface area (Å²) in [4.78, 5) is 28.2. The van der Waals surface area contributed by atoms with Gasteiger partial charge in [-0.3, -0.25) is 14.5 Å². The lowest BCUT2D eigenvalue weighted by Gasteiger charge is -2.44. The van der Waals surface area contributed by atoms with Crippen LogP contribution in [-0.4, -0.2) is 59.5 Å². The van der Waals surface area contributed by atoms with Crippen LogP contribution in [-0.2, 0) is 15.0 Å². The van der Waals surface area contributed by atoms with Gasteiger partial charge in [0.25, 0.3) is 0 Å². The van der Waals surface area contributed by atoms with Gasteiger partial charge in [-0.15, -0.1) is 0 Å². The minimum absolute atomic E-state index is 0.0621. The Morgan fingerprint density at radius 3 is 2.48 bits per heavy atom. The predicted octanol–water partition coefficient (Wildman–Crippen LogP) is 2.51. The van der Waals surface area contributed by atoms with E-state index in [4.69, 9.17) is 5.11 Å². The Morgan fingerprint density at radius 2 is 1.88 bits per heavy atom. The van der Waals surface area contributed by atoms with Gasteiger partial charge in [0.05, 0.1) is 12.0 Å². The van der Waals surface area contributed by atoms with Gasteiger partial charge in [-0.05, 0) is 44.7 Å². The summed E-state index contributed by atoms with van der Waals surface area (Å²) in [6.07, 6.45) is 5.72. The molecule has 2 fully saturated rings. The molecule has 136 valence electrons. The summed E-state index contributed by atoms with van der Waals surface area (Å²) in [5.74, 6) is -0.524. The Balaban J connectivity index is 1.68. The Bertz CT molecular complexity index is 613. The number of amides is 1. The lowest BCUT2D eigenvalue weighted by Crippen LogP contribution is -2.51. The van der Waals surface area contributed by atoms with Crippen LogP contribution in [0.2, 0.25) is 0 Å². The van der Waals surface area contributed by atoms with Gasteiger partial charge in [-0.2, -0.15) is 0 Å². The van der Waals surface area contributed by atoms with E-state index in [-0.39, 0.29) is 23.9 Å². The summed E-state index contributed by atoms with van der Waals surface area (Å²) in [5.41, 5.74) is 0.823. The van der Waals surface area contributed by atoms with Crippen molar-refractivity contribution in [2.75, 3.05) is 26.7 Å². The molecule has 1 heterocycles. The van der Waals surface area contributed by atoms with Crippen LogP contribution < -0.4 is 0 Å². The number of benzene rings is 1. The van der Waals surface area contributed by atoms with E-state index in [0.29, 0.717) is 0 Å². The molecule has 1 aromatic carbocycles. The summed E-state index contributed by atoms with van der Waals surface area (Å²) >= 11 is 0. The number of carbonyl (C=O) groups is 2. The van der Waals surface area contributed by atoms with Gasteiger partial charge in [0.1, 0.15) is 0 Å². The van der Waals surface area contributed by atoms with Crippen LogP contribution in [0.25, 0.3) is 0 Å². The molecule has 1 N–H and O–H groups in total. The molecule has 3 rings (SSSR count). The first-order valence-corrected chi connectivity index (χ1v) is 9.30. The van der Waals surface area contributed by atoms with Crippen molar-refractivity contribution in [1.29, 1.82) is 0 Å². The maximum Gasteiger partial charge on any atom is 0.317 e. The number of hydrogen-bond donors (Lipinski definition) is 1. The largest absolute Gasteiger partial charge is 0.480 e. The molecule has 1 saturated heterocycles. The quantitative estimate of drug-likeness (QED) is 0.891. The molecule has 1 aliphatic heterocycles. The zero-order chi connectivity index (χ0) is 17.9. The maximum absolute atomic E-state index is 13.3. The van der Waals surface area contributed by atoms with Crippen LogP contribution in [0.3, 0.4) is 0 Å². The summed E-state index contributed by atoms with van der Waals surface area (Å²) < 4.78 is 0. The Morgan fingerprint density at radius 1 is 1.16 bits per heavy atom. The number of rotatable bonds is 5. The van der Waals surface area contributed by atoms with Crippen molar-refractivity contribution in [2.24, 2.45) is 0 Å². The second-order valence-electron chi connectivity index (χ2n) is 7.49. The zero-order valence-electron chi connectivity index (χ0n) is 15.0. The number of hydrogen-bond acceptors (Lipinski definition) is 3. The van der Waals surface area contributed by atoms with Crippen molar-refractivity contribution in [3.8, 4) is 0 Å². The molecule has 1 atom stereocenters. The highest BCUT2D eigenvalue weighted by Crippen LogP contribution is 2.45. The Hall–Kier alpha value is -1.88. The number of carboxylic acid groups (broad SMARTS) is 1. The van der Waals surface area contributed by atoms with Crippen molar-refractivity contribution in [2.45, 2.75) is 50.0 Å². The molecule has 5 nitrogen and oxygen atoms in total. The summed E-state index contributed by atoms with van der Waals surface area (Å²) in [6.45, 7) is 1.57. The molecule has 1 aliphatic carbocycles. The number of likely N-dealkylation sites (N-methyl/N-ethyl adjacent to an activating group) is 1. The molecule has 0 radical (unpaired) electrons. The third-order valence-corrected chi connectivity index (χ3v) is 5.94. The normalized spacial score (nSPS) is 23.0. The van der Waals surface area contributed by atoms with Crippen molar-refractivity contribution >= 4 is 11.9 Å². The number of nitrogens with zero attached hydrogens (tertiary/aromatic N) is 2. The fourth-order valence-electron chi connectivity index (χ4n) is 4.28. The lowest BCUT2D eigenvalue weighted by molar-refractivity contribution is -0.141. The summed E-state index contributed by atoms with van der Waals surface area (Å²) in [7, 11) is 1.87. The molecule has 5 heteroatoms. The molecule has 2 aliphatic rings. The molecule has 1 aromatic rings. The minimum atomic E-state index is -0.794. The second kappa shape index (κ2) is 7.56. The molecular formula is C20H28N2O3. The van der Waals surface area contributed by atoms with E-state index in [2.05, 4.69) is 12.1 Å². The topological polar surface area (TPSA) is 60.9 Å². The van der Waals surface area contributed by atoms with E-state index in [1.165, 1.54) is 0 Å². The van der Waals surface area contributed by atoms with Crippen LogP contribution >= 0.6 is 0 Å². The Kier molecular flexibility index (Phi) is 5.42. The molecule has 25 heavy (non-hydrogen) atoms. The van der Waals surface area contributed by atoms with E-state index < -0.39 is 5.97 Å². The van der Waals surface area contributed by atoms with Gasteiger partial charge in [0, 0.05) is 19.1 Å². The first kappa shape index (κ1) is 17.9. The molecule has 0 bridgehead atoms. The first-order chi connectivity index (χ1) is 12.0. The third-order valence-electron chi connectivity index (χ3n) is 5.94. The first-order valence-electron chi connectivity index (χ1n) is 9.30. The van der Waals surface area contributed by atoms with Crippen molar-refractivity contribution < 1.29 is 14.7 Å². The Labute approximate surface area is 149 Å². The minimum Gasteiger partial charge on any atom is -0.480 e. The highest BCUT2D eigenvalue weighted by Gasteiger charge is 2.47. The van der Waals surface area contributed by atoms with E-state index in [1.807, 2.05) is 35.0 Å². The van der Waals surface area contributed by atoms with Gasteiger partial charge < -0.3 is 10.0 Å². The van der Waals surface area contributed by atoms with Crippen molar-refractivity contribution in [1.82, 2.24) is 9.80 Å². The highest BCUT2D eigenvalue weighted by molar-refractivity contribution is 5.89. The van der Waals surface area contributed by atoms with Gasteiger partial charge >= 0.3 is 5.97 Å². The monoisotopic (exact) mass is 344 g/mol. The van der Waals surface area contributed by atoms with Crippen molar-refractivity contribution in [3.63, 3.8) is 0 Å².